The number of nitrogens with two attached hydrogens (primary N) is 1. The van der Waals surface area contributed by atoms with E-state index in [1.807, 2.05) is 0 Å². The van der Waals surface area contributed by atoms with Crippen LogP contribution in [0.1, 0.15) is 0 Å². The summed E-state index contributed by atoms with van der Waals surface area (Å²) in [5.74, 6) is -1.16. The van der Waals surface area contributed by atoms with Crippen LogP contribution < -0.4 is 10.6 Å². The van der Waals surface area contributed by atoms with Crippen LogP contribution in [0.25, 0.3) is 0 Å². The third-order valence-electron chi connectivity index (χ3n) is 4.02. The average Bonchev–Trinajstić information content (AvgIpc) is 3.12. The largest absolute Gasteiger partial charge is 0.480 e. The van der Waals surface area contributed by atoms with Crippen molar-refractivity contribution in [2.24, 2.45) is 20.7 Å². The molecule has 9 N–H and O–H groups in total. The van der Waals surface area contributed by atoms with E-state index in [1.165, 1.54) is 0 Å². The van der Waals surface area contributed by atoms with Gasteiger partial charge in [0.15, 0.2) is 18.1 Å². The molecule has 33 heavy (non-hydrogen) atoms. The quantitative estimate of drug-likeness (QED) is 0.110. The number of amides is 1. The summed E-state index contributed by atoms with van der Waals surface area (Å²) in [4.78, 5) is 60.8. The molecule has 0 aliphatic carbocycles. The third-order valence-corrected chi connectivity index (χ3v) is 8.26. The number of guanidine groups is 1. The van der Waals surface area contributed by atoms with Crippen molar-refractivity contribution in [3.8, 4) is 0 Å². The molecule has 3 rings (SSSR count). The summed E-state index contributed by atoms with van der Waals surface area (Å²) in [5, 5.41) is 20.4. The molecule has 0 aromatic heterocycles. The van der Waals surface area contributed by atoms with E-state index in [0.717, 1.165) is 16.1 Å². The van der Waals surface area contributed by atoms with E-state index in [1.54, 1.807) is 0 Å². The van der Waals surface area contributed by atoms with Crippen LogP contribution in [-0.2, 0) is 32.1 Å². The molecule has 0 aromatic rings. The van der Waals surface area contributed by atoms with Crippen molar-refractivity contribution < 1.29 is 61.8 Å². The Labute approximate surface area is 195 Å². The van der Waals surface area contributed by atoms with Gasteiger partial charge in [0.25, 0.3) is 5.91 Å². The zero-order valence-corrected chi connectivity index (χ0v) is 19.1. The fraction of sp³-hybridized carbons (Fsp3) is 0.600. The molecule has 3 heterocycles. The van der Waals surface area contributed by atoms with E-state index in [-0.39, 0.29) is 30.7 Å². The minimum atomic E-state index is -5.48. The number of aliphatic imine (C=N–C) groups is 3. The number of rotatable bonds is 8. The van der Waals surface area contributed by atoms with Crippen LogP contribution in [0.2, 0.25) is 0 Å². The number of aliphatic hydroxyl groups excluding tert-OH is 2. The summed E-state index contributed by atoms with van der Waals surface area (Å²) in [6.07, 6.45) is -5.23. The number of carbonyl (C=O) groups excluding carboxylic acids is 1. The van der Waals surface area contributed by atoms with Gasteiger partial charge >= 0.3 is 23.3 Å². The molecule has 0 aromatic carbocycles. The Morgan fingerprint density at radius 2 is 1.79 bits per heavy atom. The number of aliphatic hydroxyl groups is 2. The summed E-state index contributed by atoms with van der Waals surface area (Å²) in [6, 6.07) is -1.14. The van der Waals surface area contributed by atoms with Gasteiger partial charge in [0.2, 0.25) is 5.96 Å². The third kappa shape index (κ3) is 6.86. The van der Waals surface area contributed by atoms with Gasteiger partial charge in [-0.3, -0.25) is 19.2 Å². The van der Waals surface area contributed by atoms with Crippen molar-refractivity contribution in [2.75, 3.05) is 6.61 Å². The van der Waals surface area contributed by atoms with Gasteiger partial charge < -0.3 is 40.3 Å². The van der Waals surface area contributed by atoms with E-state index in [0.29, 0.717) is 0 Å². The van der Waals surface area contributed by atoms with Crippen molar-refractivity contribution in [1.82, 2.24) is 9.76 Å². The van der Waals surface area contributed by atoms with Crippen molar-refractivity contribution in [2.45, 2.75) is 30.6 Å². The molecule has 1 amide bonds. The number of fused-ring (bicyclic) bond motifs is 1. The maximum Gasteiger partial charge on any atom is 0.480 e. The SMILES string of the molecule is NC1=NC(=O)C2N=CN([C@@H]3O[C@H](COP(=O)(O)OP(=O)(O)NP(=O)(O)O)[C@@H](O)[C@H]3O)C2=N1.[Li]. The molecule has 19 nitrogen and oxygen atoms in total. The molecule has 7 atom stereocenters. The monoisotopic (exact) mass is 529 g/mol. The van der Waals surface area contributed by atoms with Gasteiger partial charge in [-0.1, -0.05) is 0 Å². The number of nitrogens with zero attached hydrogens (tertiary/aromatic N) is 4. The molecular weight excluding hydrogens is 512 g/mol. The van der Waals surface area contributed by atoms with E-state index in [4.69, 9.17) is 20.3 Å². The van der Waals surface area contributed by atoms with Crippen LogP contribution in [0.4, 0.5) is 0 Å². The molecule has 0 saturated carbocycles. The predicted octanol–water partition coefficient (Wildman–Crippen LogP) is -4.07. The zero-order chi connectivity index (χ0) is 24.1. The first-order chi connectivity index (χ1) is 14.6. The number of ether oxygens (including phenoxy) is 1. The Bertz CT molecular complexity index is 1030. The molecule has 3 aliphatic rings. The molecule has 1 fully saturated rings. The summed E-state index contributed by atoms with van der Waals surface area (Å²) in [6.45, 7) is -0.984. The van der Waals surface area contributed by atoms with E-state index in [9.17, 15) is 38.5 Å². The molecular formula is C10H17LiN6O13P3. The van der Waals surface area contributed by atoms with Gasteiger partial charge in [-0.15, -0.1) is 4.86 Å². The Morgan fingerprint density at radius 1 is 1.15 bits per heavy atom. The van der Waals surface area contributed by atoms with Crippen molar-refractivity contribution >= 4 is 66.2 Å². The number of amidine groups is 1. The number of hydrogen-bond donors (Lipinski definition) is 8. The van der Waals surface area contributed by atoms with Crippen LogP contribution in [-0.4, -0.2) is 115 Å². The number of hydrogen-bond acceptors (Lipinski definition) is 13. The fourth-order valence-corrected chi connectivity index (χ4v) is 6.26. The second kappa shape index (κ2) is 10.0. The molecule has 0 spiro atoms. The van der Waals surface area contributed by atoms with Gasteiger partial charge in [0.1, 0.15) is 18.3 Å². The Morgan fingerprint density at radius 3 is 2.39 bits per heavy atom. The number of phosphoric acid groups is 1. The van der Waals surface area contributed by atoms with Gasteiger partial charge in [-0.05, 0) is 0 Å². The zero-order valence-electron chi connectivity index (χ0n) is 16.4. The summed E-state index contributed by atoms with van der Waals surface area (Å²) >= 11 is 0. The Kier molecular flexibility index (Phi) is 8.64. The molecule has 1 saturated heterocycles. The van der Waals surface area contributed by atoms with Crippen molar-refractivity contribution in [1.29, 1.82) is 0 Å². The van der Waals surface area contributed by atoms with Gasteiger partial charge in [0.05, 0.1) is 12.9 Å². The average molecular weight is 529 g/mol. The molecule has 1 radical (unpaired) electrons. The molecule has 181 valence electrons. The number of carbonyl (C=O) groups is 1. The molecule has 0 bridgehead atoms. The standard InChI is InChI=1S/C10H17N6O13P3.Li/c11-10-13-7-4(8(19)14-10)12-2-16(7)9-6(18)5(17)3(28-9)1-27-32(25,26)29-31(23,24)15-30(20,21)22;/h2-6,9,17-18H,1H2,(H,25,26)(H2,11,14,19)(H4,15,20,21,22,23,24);/t3-,4?,5-,6-,9-;/m1./s1. The first-order valence-corrected chi connectivity index (χ1v) is 12.9. The maximum atomic E-state index is 11.8. The van der Waals surface area contributed by atoms with Gasteiger partial charge in [0, 0.05) is 18.9 Å². The minimum Gasteiger partial charge on any atom is -0.387 e. The number of nitrogens with one attached hydrogen (secondary N) is 1. The van der Waals surface area contributed by atoms with E-state index < -0.39 is 66.4 Å². The Balaban J connectivity index is 0.00000385. The summed E-state index contributed by atoms with van der Waals surface area (Å²) < 4.78 is 47.6. The molecule has 3 unspecified atom stereocenters. The minimum absolute atomic E-state index is 0. The molecule has 23 heteroatoms. The smallest absolute Gasteiger partial charge is 0.387 e. The summed E-state index contributed by atoms with van der Waals surface area (Å²) in [5.41, 5.74) is 5.43. The maximum absolute atomic E-state index is 11.8. The van der Waals surface area contributed by atoms with E-state index in [2.05, 4.69) is 23.8 Å². The summed E-state index contributed by atoms with van der Waals surface area (Å²) in [7, 11) is -16.2. The van der Waals surface area contributed by atoms with E-state index >= 15 is 0 Å². The normalized spacial score (nSPS) is 33.0. The second-order valence-corrected chi connectivity index (χ2v) is 11.2. The van der Waals surface area contributed by atoms with Crippen LogP contribution >= 0.6 is 23.3 Å². The number of phosphoric ester groups is 1. The topological polar surface area (TPSA) is 296 Å². The molecule has 3 aliphatic heterocycles. The first kappa shape index (κ1) is 28.4. The van der Waals surface area contributed by atoms with Crippen LogP contribution in [0.3, 0.4) is 0 Å². The second-order valence-electron chi connectivity index (χ2n) is 6.41. The van der Waals surface area contributed by atoms with Gasteiger partial charge in [-0.25, -0.2) is 13.7 Å². The van der Waals surface area contributed by atoms with Crippen molar-refractivity contribution in [3.63, 3.8) is 0 Å². The predicted molar refractivity (Wildman–Crippen MR) is 106 cm³/mol. The fourth-order valence-electron chi connectivity index (χ4n) is 2.82. The first-order valence-electron chi connectivity index (χ1n) is 8.25. The van der Waals surface area contributed by atoms with Gasteiger partial charge in [-0.2, -0.15) is 14.3 Å². The Hall–Kier alpha value is -0.833. The van der Waals surface area contributed by atoms with Crippen LogP contribution in [0.15, 0.2) is 15.0 Å². The van der Waals surface area contributed by atoms with Crippen LogP contribution in [0.5, 0.6) is 0 Å². The van der Waals surface area contributed by atoms with Crippen LogP contribution in [0, 0.1) is 0 Å². The van der Waals surface area contributed by atoms with Crippen molar-refractivity contribution in [3.05, 3.63) is 0 Å².